The smallest absolute Gasteiger partial charge is 0.131 e. The fourth-order valence-corrected chi connectivity index (χ4v) is 4.59. The summed E-state index contributed by atoms with van der Waals surface area (Å²) in [7, 11) is 4.44. The molecule has 1 aromatic heterocycles. The van der Waals surface area contributed by atoms with Gasteiger partial charge in [0.05, 0.1) is 0 Å². The van der Waals surface area contributed by atoms with E-state index in [2.05, 4.69) is 43.2 Å². The van der Waals surface area contributed by atoms with Gasteiger partial charge >= 0.3 is 0 Å². The lowest BCUT2D eigenvalue weighted by molar-refractivity contribution is 0.238. The van der Waals surface area contributed by atoms with Crippen LogP contribution in [0.4, 0.5) is 0 Å². The van der Waals surface area contributed by atoms with Crippen LogP contribution < -0.4 is 0 Å². The molecule has 4 nitrogen and oxygen atoms in total. The van der Waals surface area contributed by atoms with E-state index >= 15 is 0 Å². The van der Waals surface area contributed by atoms with Gasteiger partial charge in [-0.25, -0.2) is 9.97 Å². The van der Waals surface area contributed by atoms with E-state index in [-0.39, 0.29) is 0 Å². The van der Waals surface area contributed by atoms with E-state index < -0.39 is 0 Å². The first-order chi connectivity index (χ1) is 11.7. The number of aromatic nitrogens is 2. The molecule has 0 bridgehead atoms. The van der Waals surface area contributed by atoms with Gasteiger partial charge in [-0.15, -0.1) is 0 Å². The van der Waals surface area contributed by atoms with Crippen molar-refractivity contribution in [3.8, 4) is 0 Å². The number of hydrogen-bond acceptors (Lipinski definition) is 4. The number of nitrogens with zero attached hydrogens (tertiary/aromatic N) is 4. The van der Waals surface area contributed by atoms with Crippen LogP contribution in [-0.4, -0.2) is 53.0 Å². The van der Waals surface area contributed by atoms with Crippen molar-refractivity contribution in [3.63, 3.8) is 0 Å². The Hall–Kier alpha value is -1.00. The lowest BCUT2D eigenvalue weighted by Crippen LogP contribution is -2.35. The van der Waals surface area contributed by atoms with Crippen molar-refractivity contribution in [2.75, 3.05) is 27.2 Å². The molecule has 1 aliphatic heterocycles. The second-order valence-electron chi connectivity index (χ2n) is 8.06. The summed E-state index contributed by atoms with van der Waals surface area (Å²) in [6.45, 7) is 5.67. The van der Waals surface area contributed by atoms with E-state index in [9.17, 15) is 0 Å². The Kier molecular flexibility index (Phi) is 6.23. The Bertz CT molecular complexity index is 493. The minimum atomic E-state index is 0.603. The number of likely N-dealkylation sites (N-methyl/N-ethyl adjacent to an activating group) is 1. The van der Waals surface area contributed by atoms with Gasteiger partial charge in [0.1, 0.15) is 5.82 Å². The van der Waals surface area contributed by atoms with Crippen LogP contribution in [0.3, 0.4) is 0 Å². The molecule has 2 atom stereocenters. The van der Waals surface area contributed by atoms with Gasteiger partial charge in [-0.1, -0.05) is 32.6 Å². The van der Waals surface area contributed by atoms with Crippen LogP contribution in [0.15, 0.2) is 12.4 Å². The molecular weight excluding hydrogens is 296 g/mol. The third kappa shape index (κ3) is 4.34. The third-order valence-electron chi connectivity index (χ3n) is 5.91. The summed E-state index contributed by atoms with van der Waals surface area (Å²) in [6.07, 6.45) is 13.4. The molecule has 2 heterocycles. The predicted octanol–water partition coefficient (Wildman–Crippen LogP) is 3.69. The number of rotatable bonds is 6. The van der Waals surface area contributed by atoms with Gasteiger partial charge in [0.15, 0.2) is 0 Å². The lowest BCUT2D eigenvalue weighted by Gasteiger charge is -2.24. The molecule has 0 spiro atoms. The van der Waals surface area contributed by atoms with Gasteiger partial charge < -0.3 is 4.90 Å². The molecule has 0 aromatic carbocycles. The standard InChI is InChI=1S/C20H34N4/c1-4-8-18-14-24(15-19(18)23(2)3)13-16-11-21-20(22-12-16)17-9-6-5-7-10-17/h11-12,17-19H,4-10,13-15H2,1-3H3/t18-,19-/m1/s1. The molecule has 1 aliphatic carbocycles. The second kappa shape index (κ2) is 8.39. The van der Waals surface area contributed by atoms with E-state index in [1.165, 1.54) is 63.6 Å². The summed E-state index contributed by atoms with van der Waals surface area (Å²) < 4.78 is 0. The molecule has 1 saturated carbocycles. The topological polar surface area (TPSA) is 32.3 Å². The Morgan fingerprint density at radius 3 is 2.42 bits per heavy atom. The average Bonchev–Trinajstić information content (AvgIpc) is 2.99. The first-order valence-electron chi connectivity index (χ1n) is 9.87. The number of hydrogen-bond donors (Lipinski definition) is 0. The van der Waals surface area contributed by atoms with Crippen LogP contribution in [0.1, 0.15) is 69.2 Å². The van der Waals surface area contributed by atoms with Crippen LogP contribution in [0.25, 0.3) is 0 Å². The van der Waals surface area contributed by atoms with Crippen LogP contribution in [0.2, 0.25) is 0 Å². The summed E-state index contributed by atoms with van der Waals surface area (Å²) in [6, 6.07) is 0.687. The summed E-state index contributed by atoms with van der Waals surface area (Å²) in [5, 5.41) is 0. The zero-order chi connectivity index (χ0) is 16.9. The van der Waals surface area contributed by atoms with Gasteiger partial charge in [0.2, 0.25) is 0 Å². The quantitative estimate of drug-likeness (QED) is 0.796. The van der Waals surface area contributed by atoms with E-state index in [1.54, 1.807) is 0 Å². The molecule has 1 aromatic rings. The van der Waals surface area contributed by atoms with Crippen molar-refractivity contribution in [3.05, 3.63) is 23.8 Å². The fourth-order valence-electron chi connectivity index (χ4n) is 4.59. The highest BCUT2D eigenvalue weighted by Crippen LogP contribution is 2.30. The minimum absolute atomic E-state index is 0.603. The van der Waals surface area contributed by atoms with Crippen LogP contribution >= 0.6 is 0 Å². The van der Waals surface area contributed by atoms with Crippen LogP contribution in [-0.2, 0) is 6.54 Å². The maximum absolute atomic E-state index is 4.71. The Morgan fingerprint density at radius 1 is 1.08 bits per heavy atom. The SMILES string of the molecule is CCC[C@@H]1CN(Cc2cnc(C3CCCCC3)nc2)C[C@H]1N(C)C. The summed E-state index contributed by atoms with van der Waals surface area (Å²) in [4.78, 5) is 14.4. The molecule has 2 aliphatic rings. The highest BCUT2D eigenvalue weighted by Gasteiger charge is 2.33. The molecule has 0 unspecified atom stereocenters. The summed E-state index contributed by atoms with van der Waals surface area (Å²) in [5.74, 6) is 2.48. The van der Waals surface area contributed by atoms with E-state index in [4.69, 9.17) is 9.97 Å². The highest BCUT2D eigenvalue weighted by atomic mass is 15.2. The van der Waals surface area contributed by atoms with Gasteiger partial charge in [0.25, 0.3) is 0 Å². The van der Waals surface area contributed by atoms with Gasteiger partial charge in [-0.2, -0.15) is 0 Å². The molecule has 0 radical (unpaired) electrons. The first kappa shape index (κ1) is 17.8. The molecule has 4 heteroatoms. The van der Waals surface area contributed by atoms with E-state index in [0.29, 0.717) is 12.0 Å². The Labute approximate surface area is 147 Å². The largest absolute Gasteiger partial charge is 0.305 e. The zero-order valence-corrected chi connectivity index (χ0v) is 15.7. The summed E-state index contributed by atoms with van der Waals surface area (Å²) >= 11 is 0. The van der Waals surface area contributed by atoms with Crippen molar-refractivity contribution in [2.45, 2.75) is 70.4 Å². The van der Waals surface area contributed by atoms with Crippen molar-refractivity contribution < 1.29 is 0 Å². The van der Waals surface area contributed by atoms with Gasteiger partial charge in [-0.3, -0.25) is 4.90 Å². The average molecular weight is 331 g/mol. The summed E-state index contributed by atoms with van der Waals surface area (Å²) in [5.41, 5.74) is 1.27. The molecule has 0 amide bonds. The highest BCUT2D eigenvalue weighted by molar-refractivity contribution is 5.09. The molecule has 2 fully saturated rings. The second-order valence-corrected chi connectivity index (χ2v) is 8.06. The van der Waals surface area contributed by atoms with Gasteiger partial charge in [-0.05, 0) is 39.3 Å². The van der Waals surface area contributed by atoms with Crippen molar-refractivity contribution >= 4 is 0 Å². The number of likely N-dealkylation sites (tertiary alicyclic amines) is 1. The fraction of sp³-hybridized carbons (Fsp3) is 0.800. The molecule has 3 rings (SSSR count). The Morgan fingerprint density at radius 2 is 1.79 bits per heavy atom. The van der Waals surface area contributed by atoms with Crippen molar-refractivity contribution in [2.24, 2.45) is 5.92 Å². The molecule has 134 valence electrons. The predicted molar refractivity (Wildman–Crippen MR) is 99.0 cm³/mol. The molecule has 0 N–H and O–H groups in total. The normalized spacial score (nSPS) is 26.3. The minimum Gasteiger partial charge on any atom is -0.305 e. The molecular formula is C20H34N4. The molecule has 1 saturated heterocycles. The van der Waals surface area contributed by atoms with E-state index in [1.807, 2.05) is 0 Å². The Balaban J connectivity index is 1.57. The van der Waals surface area contributed by atoms with Crippen LogP contribution in [0, 0.1) is 5.92 Å². The van der Waals surface area contributed by atoms with E-state index in [0.717, 1.165) is 18.3 Å². The van der Waals surface area contributed by atoms with Gasteiger partial charge in [0, 0.05) is 49.6 Å². The lowest BCUT2D eigenvalue weighted by atomic mass is 9.89. The first-order valence-corrected chi connectivity index (χ1v) is 9.87. The zero-order valence-electron chi connectivity index (χ0n) is 15.7. The maximum Gasteiger partial charge on any atom is 0.131 e. The molecule has 24 heavy (non-hydrogen) atoms. The van der Waals surface area contributed by atoms with Crippen LogP contribution in [0.5, 0.6) is 0 Å². The van der Waals surface area contributed by atoms with Crippen molar-refractivity contribution in [1.29, 1.82) is 0 Å². The maximum atomic E-state index is 4.71. The van der Waals surface area contributed by atoms with Crippen molar-refractivity contribution in [1.82, 2.24) is 19.8 Å². The monoisotopic (exact) mass is 330 g/mol. The third-order valence-corrected chi connectivity index (χ3v) is 5.91.